The maximum absolute atomic E-state index is 5.58. The molecule has 1 aromatic heterocycles. The monoisotopic (exact) mass is 414 g/mol. The van der Waals surface area contributed by atoms with Gasteiger partial charge in [-0.05, 0) is 53.0 Å². The third-order valence-electron chi connectivity index (χ3n) is 5.07. The van der Waals surface area contributed by atoms with E-state index in [1.54, 1.807) is 0 Å². The summed E-state index contributed by atoms with van der Waals surface area (Å²) in [6.45, 7) is 7.34. The zero-order valence-corrected chi connectivity index (χ0v) is 18.3. The summed E-state index contributed by atoms with van der Waals surface area (Å²) in [7, 11) is 0. The summed E-state index contributed by atoms with van der Waals surface area (Å²) in [5.74, 6) is 0.726. The van der Waals surface area contributed by atoms with Gasteiger partial charge in [0.1, 0.15) is 0 Å². The van der Waals surface area contributed by atoms with Gasteiger partial charge in [-0.1, -0.05) is 75.4 Å². The minimum atomic E-state index is 0.125. The second-order valence-corrected chi connectivity index (χ2v) is 8.81. The van der Waals surface area contributed by atoms with Crippen molar-refractivity contribution >= 4 is 40.0 Å². The number of nitrogens with one attached hydrogen (secondary N) is 2. The molecule has 0 atom stereocenters. The van der Waals surface area contributed by atoms with Gasteiger partial charge in [0.2, 0.25) is 5.95 Å². The van der Waals surface area contributed by atoms with Crippen LogP contribution in [-0.2, 0) is 12.0 Å². The van der Waals surface area contributed by atoms with Gasteiger partial charge in [-0.3, -0.25) is 0 Å². The Bertz CT molecular complexity index is 1160. The average Bonchev–Trinajstić information content (AvgIpc) is 3.05. The standard InChI is InChI=1S/C25H26N4S/c1-25(2,3)19-13-15-20(16-14-19)26-24(30)28-23-27-21-11-7-8-12-22(21)29(23)17-18-9-5-4-6-10-18/h4-16H,17H2,1-3H3,(H2,26,27,28,30). The van der Waals surface area contributed by atoms with E-state index in [4.69, 9.17) is 17.2 Å². The van der Waals surface area contributed by atoms with E-state index in [1.807, 2.05) is 24.3 Å². The average molecular weight is 415 g/mol. The van der Waals surface area contributed by atoms with Crippen LogP contribution in [0.5, 0.6) is 0 Å². The molecule has 4 nitrogen and oxygen atoms in total. The highest BCUT2D eigenvalue weighted by Gasteiger charge is 2.14. The fraction of sp³-hybridized carbons (Fsp3) is 0.200. The summed E-state index contributed by atoms with van der Waals surface area (Å²) in [5, 5.41) is 7.07. The molecule has 0 unspecified atom stereocenters. The Morgan fingerprint density at radius 3 is 2.23 bits per heavy atom. The molecule has 152 valence electrons. The summed E-state index contributed by atoms with van der Waals surface area (Å²) in [6, 6.07) is 26.9. The molecule has 4 aromatic rings. The minimum Gasteiger partial charge on any atom is -0.332 e. The first-order chi connectivity index (χ1) is 14.4. The molecule has 4 rings (SSSR count). The van der Waals surface area contributed by atoms with Gasteiger partial charge in [0.05, 0.1) is 17.6 Å². The second-order valence-electron chi connectivity index (χ2n) is 8.40. The van der Waals surface area contributed by atoms with Crippen molar-refractivity contribution in [3.63, 3.8) is 0 Å². The number of thiocarbonyl (C=S) groups is 1. The van der Waals surface area contributed by atoms with Crippen LogP contribution in [0.1, 0.15) is 31.9 Å². The molecule has 0 saturated carbocycles. The lowest BCUT2D eigenvalue weighted by Crippen LogP contribution is -2.22. The predicted molar refractivity (Wildman–Crippen MR) is 130 cm³/mol. The van der Waals surface area contributed by atoms with Gasteiger partial charge in [0.25, 0.3) is 0 Å². The molecule has 0 saturated heterocycles. The molecule has 0 aliphatic heterocycles. The van der Waals surface area contributed by atoms with Gasteiger partial charge < -0.3 is 15.2 Å². The van der Waals surface area contributed by atoms with Crippen LogP contribution in [0.25, 0.3) is 11.0 Å². The molecule has 3 aromatic carbocycles. The van der Waals surface area contributed by atoms with E-state index in [0.29, 0.717) is 11.7 Å². The number of benzene rings is 3. The quantitative estimate of drug-likeness (QED) is 0.391. The zero-order chi connectivity index (χ0) is 21.1. The van der Waals surface area contributed by atoms with Gasteiger partial charge >= 0.3 is 0 Å². The molecule has 5 heteroatoms. The first kappa shape index (κ1) is 20.1. The molecule has 30 heavy (non-hydrogen) atoms. The first-order valence-electron chi connectivity index (χ1n) is 10.1. The SMILES string of the molecule is CC(C)(C)c1ccc(NC(=S)Nc2nc3ccccc3n2Cc2ccccc2)cc1. The summed E-state index contributed by atoms with van der Waals surface area (Å²) in [5.41, 5.74) is 5.58. The Balaban J connectivity index is 1.56. The van der Waals surface area contributed by atoms with Crippen LogP contribution >= 0.6 is 12.2 Å². The van der Waals surface area contributed by atoms with E-state index in [9.17, 15) is 0 Å². The highest BCUT2D eigenvalue weighted by atomic mass is 32.1. The molecule has 0 radical (unpaired) electrons. The number of para-hydroxylation sites is 2. The number of anilines is 2. The van der Waals surface area contributed by atoms with Gasteiger partial charge in [0.15, 0.2) is 5.11 Å². The van der Waals surface area contributed by atoms with E-state index in [0.717, 1.165) is 22.7 Å². The predicted octanol–water partition coefficient (Wildman–Crippen LogP) is 6.19. The van der Waals surface area contributed by atoms with Crippen LogP contribution in [0, 0.1) is 0 Å². The Hall–Kier alpha value is -3.18. The molecule has 2 N–H and O–H groups in total. The van der Waals surface area contributed by atoms with E-state index >= 15 is 0 Å². The molecule has 0 bridgehead atoms. The van der Waals surface area contributed by atoms with Crippen molar-refractivity contribution in [2.45, 2.75) is 32.7 Å². The van der Waals surface area contributed by atoms with Crippen LogP contribution < -0.4 is 10.6 Å². The number of imidazole rings is 1. The molecule has 0 aliphatic rings. The summed E-state index contributed by atoms with van der Waals surface area (Å²) in [6.07, 6.45) is 0. The number of fused-ring (bicyclic) bond motifs is 1. The lowest BCUT2D eigenvalue weighted by atomic mass is 9.87. The maximum atomic E-state index is 5.58. The van der Waals surface area contributed by atoms with Crippen molar-refractivity contribution in [2.75, 3.05) is 10.6 Å². The van der Waals surface area contributed by atoms with Crippen LogP contribution in [0.15, 0.2) is 78.9 Å². The Morgan fingerprint density at radius 2 is 1.53 bits per heavy atom. The van der Waals surface area contributed by atoms with Crippen molar-refractivity contribution < 1.29 is 0 Å². The normalized spacial score (nSPS) is 11.4. The number of nitrogens with zero attached hydrogens (tertiary/aromatic N) is 2. The van der Waals surface area contributed by atoms with Gasteiger partial charge in [0, 0.05) is 5.69 Å². The molecule has 0 aliphatic carbocycles. The van der Waals surface area contributed by atoms with Crippen molar-refractivity contribution in [2.24, 2.45) is 0 Å². The Kier molecular flexibility index (Phi) is 5.55. The highest BCUT2D eigenvalue weighted by molar-refractivity contribution is 7.80. The van der Waals surface area contributed by atoms with Crippen molar-refractivity contribution in [3.05, 3.63) is 90.0 Å². The third kappa shape index (κ3) is 4.52. The number of hydrogen-bond acceptors (Lipinski definition) is 2. The Labute approximate surface area is 183 Å². The minimum absolute atomic E-state index is 0.125. The fourth-order valence-electron chi connectivity index (χ4n) is 3.41. The van der Waals surface area contributed by atoms with E-state index in [2.05, 4.69) is 90.6 Å². The smallest absolute Gasteiger partial charge is 0.210 e. The number of hydrogen-bond donors (Lipinski definition) is 2. The molecule has 0 fully saturated rings. The van der Waals surface area contributed by atoms with Crippen molar-refractivity contribution in [1.29, 1.82) is 0 Å². The number of aromatic nitrogens is 2. The highest BCUT2D eigenvalue weighted by Crippen LogP contribution is 2.24. The van der Waals surface area contributed by atoms with Gasteiger partial charge in [-0.2, -0.15) is 0 Å². The largest absolute Gasteiger partial charge is 0.332 e. The Morgan fingerprint density at radius 1 is 0.867 bits per heavy atom. The maximum Gasteiger partial charge on any atom is 0.210 e. The topological polar surface area (TPSA) is 41.9 Å². The van der Waals surface area contributed by atoms with Gasteiger partial charge in [-0.15, -0.1) is 0 Å². The summed E-state index contributed by atoms with van der Waals surface area (Å²) < 4.78 is 2.15. The fourth-order valence-corrected chi connectivity index (χ4v) is 3.62. The second kappa shape index (κ2) is 8.28. The van der Waals surface area contributed by atoms with Crippen LogP contribution in [0.3, 0.4) is 0 Å². The lowest BCUT2D eigenvalue weighted by Gasteiger charge is -2.19. The van der Waals surface area contributed by atoms with E-state index < -0.39 is 0 Å². The molecule has 1 heterocycles. The molecule has 0 amide bonds. The molecule has 0 spiro atoms. The molecular formula is C25H26N4S. The van der Waals surface area contributed by atoms with E-state index in [-0.39, 0.29) is 5.41 Å². The van der Waals surface area contributed by atoms with Crippen molar-refractivity contribution in [3.8, 4) is 0 Å². The van der Waals surface area contributed by atoms with Gasteiger partial charge in [-0.25, -0.2) is 4.98 Å². The van der Waals surface area contributed by atoms with Crippen LogP contribution in [-0.4, -0.2) is 14.7 Å². The third-order valence-corrected chi connectivity index (χ3v) is 5.28. The zero-order valence-electron chi connectivity index (χ0n) is 17.5. The summed E-state index contributed by atoms with van der Waals surface area (Å²) in [4.78, 5) is 4.76. The van der Waals surface area contributed by atoms with Crippen LogP contribution in [0.4, 0.5) is 11.6 Å². The lowest BCUT2D eigenvalue weighted by molar-refractivity contribution is 0.590. The van der Waals surface area contributed by atoms with Crippen LogP contribution in [0.2, 0.25) is 0 Å². The van der Waals surface area contributed by atoms with E-state index in [1.165, 1.54) is 11.1 Å². The first-order valence-corrected chi connectivity index (χ1v) is 10.5. The molecular weight excluding hydrogens is 388 g/mol. The summed E-state index contributed by atoms with van der Waals surface area (Å²) >= 11 is 5.58. The number of rotatable bonds is 4. The van der Waals surface area contributed by atoms with Crippen molar-refractivity contribution in [1.82, 2.24) is 9.55 Å².